The topological polar surface area (TPSA) is 115 Å². The molecule has 0 aliphatic heterocycles. The van der Waals surface area contributed by atoms with Crippen LogP contribution in [0.5, 0.6) is 0 Å². The smallest absolute Gasteiger partial charge is 0.251 e. The summed E-state index contributed by atoms with van der Waals surface area (Å²) in [5.74, 6) is -0.00110. The normalized spacial score (nSPS) is 10.1. The van der Waals surface area contributed by atoms with Crippen molar-refractivity contribution in [1.82, 2.24) is 25.4 Å². The SMILES string of the molecule is Cn1cnnc1CNC(=O)CNC(=O)c1ccc(N)cc1. The third-order valence-electron chi connectivity index (χ3n) is 2.83. The molecule has 2 amide bonds. The van der Waals surface area contributed by atoms with Gasteiger partial charge in [-0.1, -0.05) is 0 Å². The third-order valence-corrected chi connectivity index (χ3v) is 2.83. The number of nitrogens with one attached hydrogen (secondary N) is 2. The zero-order valence-corrected chi connectivity index (χ0v) is 11.5. The minimum Gasteiger partial charge on any atom is -0.399 e. The van der Waals surface area contributed by atoms with Crippen LogP contribution in [0.4, 0.5) is 5.69 Å². The van der Waals surface area contributed by atoms with Crippen molar-refractivity contribution < 1.29 is 9.59 Å². The Labute approximate surface area is 121 Å². The molecule has 0 saturated carbocycles. The fourth-order valence-electron chi connectivity index (χ4n) is 1.60. The van der Waals surface area contributed by atoms with Crippen LogP contribution in [0.1, 0.15) is 16.2 Å². The van der Waals surface area contributed by atoms with Gasteiger partial charge >= 0.3 is 0 Å². The average molecular weight is 288 g/mol. The van der Waals surface area contributed by atoms with Crippen LogP contribution >= 0.6 is 0 Å². The zero-order valence-electron chi connectivity index (χ0n) is 11.5. The van der Waals surface area contributed by atoms with Crippen molar-refractivity contribution in [2.45, 2.75) is 6.54 Å². The summed E-state index contributed by atoms with van der Waals surface area (Å²) in [6.07, 6.45) is 1.55. The van der Waals surface area contributed by atoms with Crippen molar-refractivity contribution in [3.8, 4) is 0 Å². The standard InChI is InChI=1S/C13H16N6O2/c1-19-8-17-18-11(19)6-15-12(20)7-16-13(21)9-2-4-10(14)5-3-9/h2-5,8H,6-7,14H2,1H3,(H,15,20)(H,16,21). The number of aromatic nitrogens is 3. The number of hydrogen-bond donors (Lipinski definition) is 3. The van der Waals surface area contributed by atoms with E-state index in [0.29, 0.717) is 17.1 Å². The van der Waals surface area contributed by atoms with Crippen LogP contribution in [0.15, 0.2) is 30.6 Å². The summed E-state index contributed by atoms with van der Waals surface area (Å²) in [7, 11) is 1.78. The van der Waals surface area contributed by atoms with Crippen LogP contribution in [0, 0.1) is 0 Å². The summed E-state index contributed by atoms with van der Waals surface area (Å²) >= 11 is 0. The van der Waals surface area contributed by atoms with Gasteiger partial charge in [0.05, 0.1) is 13.1 Å². The van der Waals surface area contributed by atoms with Gasteiger partial charge in [-0.05, 0) is 24.3 Å². The molecule has 1 heterocycles. The van der Waals surface area contributed by atoms with Gasteiger partial charge in [0.25, 0.3) is 5.91 Å². The number of anilines is 1. The number of hydrogen-bond acceptors (Lipinski definition) is 5. The maximum Gasteiger partial charge on any atom is 0.251 e. The molecular formula is C13H16N6O2. The molecule has 0 atom stereocenters. The van der Waals surface area contributed by atoms with E-state index in [1.54, 1.807) is 42.2 Å². The first-order valence-corrected chi connectivity index (χ1v) is 6.29. The molecular weight excluding hydrogens is 272 g/mol. The Morgan fingerprint density at radius 1 is 1.24 bits per heavy atom. The fraction of sp³-hybridized carbons (Fsp3) is 0.231. The van der Waals surface area contributed by atoms with Crippen LogP contribution in [0.3, 0.4) is 0 Å². The minimum absolute atomic E-state index is 0.110. The highest BCUT2D eigenvalue weighted by Gasteiger charge is 2.08. The molecule has 2 rings (SSSR count). The first kappa shape index (κ1) is 14.5. The monoisotopic (exact) mass is 288 g/mol. The van der Waals surface area contributed by atoms with Gasteiger partial charge in [0.15, 0.2) is 5.82 Å². The van der Waals surface area contributed by atoms with E-state index in [2.05, 4.69) is 20.8 Å². The first-order valence-electron chi connectivity index (χ1n) is 6.29. The molecule has 0 spiro atoms. The maximum absolute atomic E-state index is 11.8. The van der Waals surface area contributed by atoms with Crippen molar-refractivity contribution in [3.63, 3.8) is 0 Å². The van der Waals surface area contributed by atoms with Gasteiger partial charge in [0, 0.05) is 18.3 Å². The van der Waals surface area contributed by atoms with Gasteiger partial charge in [0.1, 0.15) is 6.33 Å². The van der Waals surface area contributed by atoms with Crippen molar-refractivity contribution in [3.05, 3.63) is 42.0 Å². The second-order valence-corrected chi connectivity index (χ2v) is 4.44. The average Bonchev–Trinajstić information content (AvgIpc) is 2.88. The molecule has 4 N–H and O–H groups in total. The molecule has 0 unspecified atom stereocenters. The van der Waals surface area contributed by atoms with E-state index >= 15 is 0 Å². The van der Waals surface area contributed by atoms with Crippen LogP contribution in [-0.4, -0.2) is 33.1 Å². The van der Waals surface area contributed by atoms with E-state index in [1.807, 2.05) is 0 Å². The van der Waals surface area contributed by atoms with Gasteiger partial charge < -0.3 is 20.9 Å². The van der Waals surface area contributed by atoms with E-state index in [-0.39, 0.29) is 24.9 Å². The molecule has 8 nitrogen and oxygen atoms in total. The van der Waals surface area contributed by atoms with Crippen LogP contribution < -0.4 is 16.4 Å². The number of benzene rings is 1. The number of nitrogens with zero attached hydrogens (tertiary/aromatic N) is 3. The molecule has 110 valence electrons. The predicted octanol–water partition coefficient (Wildman–Crippen LogP) is -0.556. The van der Waals surface area contributed by atoms with Gasteiger partial charge in [-0.15, -0.1) is 10.2 Å². The Hall–Kier alpha value is -2.90. The molecule has 0 aliphatic rings. The van der Waals surface area contributed by atoms with Crippen molar-refractivity contribution in [2.75, 3.05) is 12.3 Å². The number of carbonyl (C=O) groups excluding carboxylic acids is 2. The number of aryl methyl sites for hydroxylation is 1. The van der Waals surface area contributed by atoms with Gasteiger partial charge in [-0.25, -0.2) is 0 Å². The largest absolute Gasteiger partial charge is 0.399 e. The summed E-state index contributed by atoms with van der Waals surface area (Å²) in [5.41, 5.74) is 6.56. The fourth-order valence-corrected chi connectivity index (χ4v) is 1.60. The van der Waals surface area contributed by atoms with Gasteiger partial charge in [-0.2, -0.15) is 0 Å². The lowest BCUT2D eigenvalue weighted by molar-refractivity contribution is -0.120. The van der Waals surface area contributed by atoms with Gasteiger partial charge in [0.2, 0.25) is 5.91 Å². The molecule has 0 saturated heterocycles. The lowest BCUT2D eigenvalue weighted by Crippen LogP contribution is -2.37. The molecule has 0 fully saturated rings. The summed E-state index contributed by atoms with van der Waals surface area (Å²) in [4.78, 5) is 23.4. The minimum atomic E-state index is -0.330. The quantitative estimate of drug-likeness (QED) is 0.638. The van der Waals surface area contributed by atoms with Crippen molar-refractivity contribution in [1.29, 1.82) is 0 Å². The number of nitrogen functional groups attached to an aromatic ring is 1. The molecule has 1 aromatic heterocycles. The summed E-state index contributed by atoms with van der Waals surface area (Å²) < 4.78 is 1.70. The van der Waals surface area contributed by atoms with E-state index < -0.39 is 0 Å². The highest BCUT2D eigenvalue weighted by Crippen LogP contribution is 2.04. The lowest BCUT2D eigenvalue weighted by atomic mass is 10.2. The zero-order chi connectivity index (χ0) is 15.2. The highest BCUT2D eigenvalue weighted by atomic mass is 16.2. The van der Waals surface area contributed by atoms with E-state index in [9.17, 15) is 9.59 Å². The summed E-state index contributed by atoms with van der Waals surface area (Å²) in [5, 5.41) is 12.7. The lowest BCUT2D eigenvalue weighted by Gasteiger charge is -2.07. The van der Waals surface area contributed by atoms with Crippen LogP contribution in [0.2, 0.25) is 0 Å². The molecule has 8 heteroatoms. The third kappa shape index (κ3) is 4.03. The van der Waals surface area contributed by atoms with E-state index in [1.165, 1.54) is 0 Å². The molecule has 2 aromatic rings. The highest BCUT2D eigenvalue weighted by molar-refractivity contribution is 5.96. The van der Waals surface area contributed by atoms with E-state index in [0.717, 1.165) is 0 Å². The summed E-state index contributed by atoms with van der Waals surface area (Å²) in [6, 6.07) is 6.45. The maximum atomic E-state index is 11.8. The van der Waals surface area contributed by atoms with Crippen LogP contribution in [0.25, 0.3) is 0 Å². The Morgan fingerprint density at radius 2 is 1.95 bits per heavy atom. The van der Waals surface area contributed by atoms with Crippen molar-refractivity contribution >= 4 is 17.5 Å². The molecule has 0 bridgehead atoms. The second-order valence-electron chi connectivity index (χ2n) is 4.44. The predicted molar refractivity (Wildman–Crippen MR) is 76.0 cm³/mol. The van der Waals surface area contributed by atoms with E-state index in [4.69, 9.17) is 5.73 Å². The number of carbonyl (C=O) groups is 2. The first-order chi connectivity index (χ1) is 10.1. The van der Waals surface area contributed by atoms with Gasteiger partial charge in [-0.3, -0.25) is 9.59 Å². The Kier molecular flexibility index (Phi) is 4.50. The molecule has 1 aromatic carbocycles. The molecule has 0 aliphatic carbocycles. The second kappa shape index (κ2) is 6.51. The number of rotatable bonds is 5. The Morgan fingerprint density at radius 3 is 2.57 bits per heavy atom. The molecule has 0 radical (unpaired) electrons. The van der Waals surface area contributed by atoms with Crippen molar-refractivity contribution in [2.24, 2.45) is 7.05 Å². The number of amides is 2. The molecule has 21 heavy (non-hydrogen) atoms. The van der Waals surface area contributed by atoms with Crippen LogP contribution in [-0.2, 0) is 18.4 Å². The summed E-state index contributed by atoms with van der Waals surface area (Å²) in [6.45, 7) is 0.147. The number of nitrogens with two attached hydrogens (primary N) is 1. The Bertz CT molecular complexity index is 634. The Balaban J connectivity index is 1.77.